The molecular formula is C32H55N5O3. The highest BCUT2D eigenvalue weighted by molar-refractivity contribution is 5.81. The Morgan fingerprint density at radius 3 is 1.27 bits per heavy atom. The molecule has 0 aromatic heterocycles. The summed E-state index contributed by atoms with van der Waals surface area (Å²) in [7, 11) is 0. The van der Waals surface area contributed by atoms with Crippen LogP contribution in [0.2, 0.25) is 0 Å². The number of carbonyl (C=O) groups excluding carboxylic acids is 3. The van der Waals surface area contributed by atoms with Crippen LogP contribution in [-0.4, -0.2) is 109 Å². The summed E-state index contributed by atoms with van der Waals surface area (Å²) in [6.45, 7) is 32.1. The average Bonchev–Trinajstić information content (AvgIpc) is 2.93. The molecule has 8 heteroatoms. The zero-order valence-electron chi connectivity index (χ0n) is 25.3. The first-order valence-corrected chi connectivity index (χ1v) is 14.2. The third-order valence-corrected chi connectivity index (χ3v) is 5.64. The summed E-state index contributed by atoms with van der Waals surface area (Å²) < 4.78 is 0. The smallest absolute Gasteiger partial charge is 0.237 e. The molecule has 0 saturated heterocycles. The Morgan fingerprint density at radius 1 is 0.575 bits per heavy atom. The van der Waals surface area contributed by atoms with Gasteiger partial charge in [-0.2, -0.15) is 0 Å². The number of hydrogen-bond acceptors (Lipinski definition) is 5. The molecule has 3 amide bonds. The Kier molecular flexibility index (Phi) is 26.6. The number of hydrogen-bond donors (Lipinski definition) is 1. The topological polar surface area (TPSA) is 76.2 Å². The van der Waals surface area contributed by atoms with Crippen LogP contribution in [0.1, 0.15) is 39.5 Å². The van der Waals surface area contributed by atoms with E-state index in [0.717, 1.165) is 32.4 Å². The molecule has 226 valence electrons. The summed E-state index contributed by atoms with van der Waals surface area (Å²) in [4.78, 5) is 43.7. The summed E-state index contributed by atoms with van der Waals surface area (Å²) in [6.07, 6.45) is 13.8. The maximum atomic E-state index is 12.5. The van der Waals surface area contributed by atoms with Crippen molar-refractivity contribution in [2.24, 2.45) is 0 Å². The second kappa shape index (κ2) is 27.3. The molecule has 8 nitrogen and oxygen atoms in total. The largest absolute Gasteiger partial charge is 0.335 e. The summed E-state index contributed by atoms with van der Waals surface area (Å²) >= 11 is 0. The monoisotopic (exact) mass is 557 g/mol. The predicted molar refractivity (Wildman–Crippen MR) is 170 cm³/mol. The zero-order chi connectivity index (χ0) is 30.6. The van der Waals surface area contributed by atoms with Gasteiger partial charge in [-0.3, -0.25) is 19.3 Å². The lowest BCUT2D eigenvalue weighted by Crippen LogP contribution is -2.46. The van der Waals surface area contributed by atoms with Gasteiger partial charge in [-0.25, -0.2) is 0 Å². The molecule has 0 aromatic carbocycles. The molecule has 0 fully saturated rings. The lowest BCUT2D eigenvalue weighted by atomic mass is 10.3. The van der Waals surface area contributed by atoms with Crippen LogP contribution in [0.15, 0.2) is 75.9 Å². The van der Waals surface area contributed by atoms with Crippen molar-refractivity contribution in [3.8, 4) is 0 Å². The molecule has 1 N–H and O–H groups in total. The summed E-state index contributed by atoms with van der Waals surface area (Å²) in [6, 6.07) is 0. The summed E-state index contributed by atoms with van der Waals surface area (Å²) in [5, 5.41) is 3.21. The van der Waals surface area contributed by atoms with Crippen molar-refractivity contribution in [3.63, 3.8) is 0 Å². The van der Waals surface area contributed by atoms with Crippen LogP contribution in [0.5, 0.6) is 0 Å². The maximum Gasteiger partial charge on any atom is 0.237 e. The Hall–Kier alpha value is -3.23. The molecule has 0 spiro atoms. The highest BCUT2D eigenvalue weighted by atomic mass is 16.2. The molecule has 0 heterocycles. The second-order valence-electron chi connectivity index (χ2n) is 9.19. The minimum atomic E-state index is -0.0253. The number of nitrogens with one attached hydrogen (secondary N) is 1. The molecule has 0 bridgehead atoms. The van der Waals surface area contributed by atoms with Crippen LogP contribution in [0, 0.1) is 0 Å². The van der Waals surface area contributed by atoms with E-state index in [2.05, 4.69) is 58.6 Å². The molecule has 0 aliphatic heterocycles. The molecule has 0 saturated carbocycles. The normalized spacial score (nSPS) is 9.97. The number of amides is 3. The van der Waals surface area contributed by atoms with Crippen molar-refractivity contribution in [2.75, 3.05) is 72.0 Å². The SMILES string of the molecule is C=CCN(CC=C)C(=O)CCNCCC.C=CCN(CC=C)C(=O)CN(CCCC)CC(=O)N(CC=C)CC=C. The van der Waals surface area contributed by atoms with Crippen LogP contribution in [-0.2, 0) is 14.4 Å². The van der Waals surface area contributed by atoms with E-state index < -0.39 is 0 Å². The second-order valence-corrected chi connectivity index (χ2v) is 9.19. The predicted octanol–water partition coefficient (Wildman–Crippen LogP) is 4.07. The van der Waals surface area contributed by atoms with Crippen LogP contribution in [0.25, 0.3) is 0 Å². The lowest BCUT2D eigenvalue weighted by Gasteiger charge is -2.28. The first kappa shape index (κ1) is 38.9. The van der Waals surface area contributed by atoms with Crippen molar-refractivity contribution in [1.82, 2.24) is 24.9 Å². The Morgan fingerprint density at radius 2 is 0.950 bits per heavy atom. The average molecular weight is 558 g/mol. The van der Waals surface area contributed by atoms with Gasteiger partial charge in [0.15, 0.2) is 0 Å². The molecule has 40 heavy (non-hydrogen) atoms. The first-order valence-electron chi connectivity index (χ1n) is 14.2. The third kappa shape index (κ3) is 19.8. The van der Waals surface area contributed by atoms with Gasteiger partial charge in [0.25, 0.3) is 0 Å². The first-order chi connectivity index (χ1) is 19.3. The van der Waals surface area contributed by atoms with Crippen molar-refractivity contribution in [1.29, 1.82) is 0 Å². The van der Waals surface area contributed by atoms with Gasteiger partial charge in [-0.1, -0.05) is 56.7 Å². The van der Waals surface area contributed by atoms with Crippen molar-refractivity contribution in [3.05, 3.63) is 75.9 Å². The van der Waals surface area contributed by atoms with Crippen LogP contribution >= 0.6 is 0 Å². The standard InChI is InChI=1S/C20H33N3O2.C12H22N2O/c1-6-11-16-21(17-19(24)22(12-7-2)13-8-3)18-20(25)23(14-9-4)15-10-5;1-4-8-13-9-7-12(15)14(10-5-2)11-6-3/h7-10H,2-6,11-18H2,1H3;5-6,13H,2-4,7-11H2,1H3. The lowest BCUT2D eigenvalue weighted by molar-refractivity contribution is -0.135. The third-order valence-electron chi connectivity index (χ3n) is 5.64. The molecule has 0 rings (SSSR count). The quantitative estimate of drug-likeness (QED) is 0.143. The van der Waals surface area contributed by atoms with E-state index in [1.54, 1.807) is 51.2 Å². The van der Waals surface area contributed by atoms with E-state index in [-0.39, 0.29) is 30.8 Å². The minimum Gasteiger partial charge on any atom is -0.335 e. The Bertz CT molecular complexity index is 713. The van der Waals surface area contributed by atoms with E-state index >= 15 is 0 Å². The molecular weight excluding hydrogens is 502 g/mol. The van der Waals surface area contributed by atoms with Gasteiger partial charge in [0, 0.05) is 52.2 Å². The summed E-state index contributed by atoms with van der Waals surface area (Å²) in [5.74, 6) is 0.101. The van der Waals surface area contributed by atoms with Gasteiger partial charge in [0.2, 0.25) is 17.7 Å². The number of carbonyl (C=O) groups is 3. The van der Waals surface area contributed by atoms with Crippen molar-refractivity contribution < 1.29 is 14.4 Å². The summed E-state index contributed by atoms with van der Waals surface area (Å²) in [5.41, 5.74) is 0. The molecule has 0 aliphatic rings. The van der Waals surface area contributed by atoms with Gasteiger partial charge < -0.3 is 20.0 Å². The van der Waals surface area contributed by atoms with E-state index in [0.29, 0.717) is 52.2 Å². The number of nitrogens with zero attached hydrogens (tertiary/aromatic N) is 4. The van der Waals surface area contributed by atoms with Crippen molar-refractivity contribution >= 4 is 17.7 Å². The molecule has 0 aliphatic carbocycles. The number of rotatable bonds is 24. The Balaban J connectivity index is 0. The van der Waals surface area contributed by atoms with Crippen LogP contribution < -0.4 is 5.32 Å². The van der Waals surface area contributed by atoms with Gasteiger partial charge >= 0.3 is 0 Å². The van der Waals surface area contributed by atoms with Gasteiger partial charge in [0.1, 0.15) is 0 Å². The maximum absolute atomic E-state index is 12.5. The van der Waals surface area contributed by atoms with Gasteiger partial charge in [-0.05, 0) is 25.9 Å². The van der Waals surface area contributed by atoms with Crippen LogP contribution in [0.3, 0.4) is 0 Å². The van der Waals surface area contributed by atoms with E-state index in [1.807, 2.05) is 4.90 Å². The highest BCUT2D eigenvalue weighted by Gasteiger charge is 2.20. The van der Waals surface area contributed by atoms with E-state index in [4.69, 9.17) is 0 Å². The fourth-order valence-electron chi connectivity index (χ4n) is 3.60. The Labute approximate surface area is 244 Å². The zero-order valence-corrected chi connectivity index (χ0v) is 25.3. The molecule has 0 aromatic rings. The van der Waals surface area contributed by atoms with Gasteiger partial charge in [0.05, 0.1) is 13.1 Å². The minimum absolute atomic E-state index is 0.0253. The highest BCUT2D eigenvalue weighted by Crippen LogP contribution is 2.02. The fraction of sp³-hybridized carbons (Fsp3) is 0.531. The fourth-order valence-corrected chi connectivity index (χ4v) is 3.60. The van der Waals surface area contributed by atoms with E-state index in [9.17, 15) is 14.4 Å². The van der Waals surface area contributed by atoms with Crippen LogP contribution in [0.4, 0.5) is 0 Å². The van der Waals surface area contributed by atoms with Crippen molar-refractivity contribution in [2.45, 2.75) is 39.5 Å². The van der Waals surface area contributed by atoms with E-state index in [1.165, 1.54) is 0 Å². The molecule has 0 radical (unpaired) electrons. The molecule has 0 unspecified atom stereocenters. The molecule has 0 atom stereocenters. The van der Waals surface area contributed by atoms with Gasteiger partial charge in [-0.15, -0.1) is 39.5 Å². The number of unbranched alkanes of at least 4 members (excludes halogenated alkanes) is 1.